The summed E-state index contributed by atoms with van der Waals surface area (Å²) in [5, 5.41) is 3.42. The average Bonchev–Trinajstić information content (AvgIpc) is 3.04. The van der Waals surface area contributed by atoms with Crippen LogP contribution in [0, 0.1) is 6.92 Å². The zero-order chi connectivity index (χ0) is 32.6. The van der Waals surface area contributed by atoms with Crippen molar-refractivity contribution in [3.8, 4) is 0 Å². The number of anilines is 1. The monoisotopic (exact) mass is 709 g/mol. The van der Waals surface area contributed by atoms with Crippen LogP contribution in [0.5, 0.6) is 0 Å². The lowest BCUT2D eigenvalue weighted by Gasteiger charge is -2.34. The maximum Gasteiger partial charge on any atom is 0.264 e. The molecule has 0 aliphatic heterocycles. The van der Waals surface area contributed by atoms with Gasteiger partial charge >= 0.3 is 0 Å². The normalized spacial score (nSPS) is 12.6. The number of halogens is 2. The summed E-state index contributed by atoms with van der Waals surface area (Å²) in [7, 11) is -4.21. The second-order valence-electron chi connectivity index (χ2n) is 10.9. The number of hydrogen-bond donors (Lipinski definition) is 1. The average molecular weight is 711 g/mol. The summed E-state index contributed by atoms with van der Waals surface area (Å²) >= 11 is 9.90. The van der Waals surface area contributed by atoms with Crippen molar-refractivity contribution in [3.05, 3.63) is 129 Å². The Hall–Kier alpha value is -3.66. The number of nitrogens with zero attached hydrogens (tertiary/aromatic N) is 2. The van der Waals surface area contributed by atoms with Gasteiger partial charge in [0, 0.05) is 28.5 Å². The van der Waals surface area contributed by atoms with Crippen LogP contribution in [0.1, 0.15) is 37.0 Å². The van der Waals surface area contributed by atoms with E-state index in [1.54, 1.807) is 43.3 Å². The molecular weight excluding hydrogens is 674 g/mol. The molecule has 0 heterocycles. The highest BCUT2D eigenvalue weighted by Gasteiger charge is 2.35. The van der Waals surface area contributed by atoms with E-state index in [9.17, 15) is 18.0 Å². The molecular formula is C35H37BrClN3O4S. The Morgan fingerprint density at radius 3 is 2.11 bits per heavy atom. The van der Waals surface area contributed by atoms with Crippen LogP contribution >= 0.6 is 27.5 Å². The third-order valence-electron chi connectivity index (χ3n) is 7.66. The summed E-state index contributed by atoms with van der Waals surface area (Å²) in [6.45, 7) is 5.14. The van der Waals surface area contributed by atoms with Gasteiger partial charge in [0.15, 0.2) is 0 Å². The molecule has 0 aliphatic rings. The Kier molecular flexibility index (Phi) is 11.8. The summed E-state index contributed by atoms with van der Waals surface area (Å²) in [4.78, 5) is 30.0. The first-order valence-corrected chi connectivity index (χ1v) is 17.3. The van der Waals surface area contributed by atoms with E-state index in [2.05, 4.69) is 21.2 Å². The van der Waals surface area contributed by atoms with Crippen molar-refractivity contribution in [1.29, 1.82) is 0 Å². The standard InChI is InChI=1S/C35H37BrClN3O4S/c1-4-25(2)38-35(42)33(22-27-12-7-5-8-13-27)39(23-28-18-20-29(36)21-19-28)34(41)24-40(32-17-11-16-31(37)26(32)3)45(43,44)30-14-9-6-10-15-30/h5-21,25,33H,4,22-24H2,1-3H3,(H,38,42)/t25-,33-/m0/s1. The topological polar surface area (TPSA) is 86.8 Å². The molecule has 2 amide bonds. The Bertz CT molecular complexity index is 1700. The second kappa shape index (κ2) is 15.6. The molecule has 0 spiro atoms. The third kappa shape index (κ3) is 8.75. The molecule has 0 radical (unpaired) electrons. The molecule has 0 bridgehead atoms. The number of hydrogen-bond acceptors (Lipinski definition) is 4. The van der Waals surface area contributed by atoms with Gasteiger partial charge in [-0.05, 0) is 73.4 Å². The molecule has 0 unspecified atom stereocenters. The van der Waals surface area contributed by atoms with Crippen molar-refractivity contribution in [2.45, 2.75) is 57.1 Å². The summed E-state index contributed by atoms with van der Waals surface area (Å²) in [5.74, 6) is -0.841. The molecule has 0 fully saturated rings. The number of rotatable bonds is 13. The van der Waals surface area contributed by atoms with Gasteiger partial charge < -0.3 is 10.2 Å². The number of nitrogens with one attached hydrogen (secondary N) is 1. The van der Waals surface area contributed by atoms with Crippen LogP contribution in [0.3, 0.4) is 0 Å². The van der Waals surface area contributed by atoms with E-state index in [1.165, 1.54) is 17.0 Å². The predicted molar refractivity (Wildman–Crippen MR) is 184 cm³/mol. The maximum absolute atomic E-state index is 14.6. The van der Waals surface area contributed by atoms with Crippen molar-refractivity contribution >= 4 is 55.1 Å². The van der Waals surface area contributed by atoms with Crippen LogP contribution < -0.4 is 9.62 Å². The first-order chi connectivity index (χ1) is 21.5. The quantitative estimate of drug-likeness (QED) is 0.160. The molecule has 4 rings (SSSR count). The molecule has 0 aliphatic carbocycles. The Morgan fingerprint density at radius 2 is 1.49 bits per heavy atom. The highest BCUT2D eigenvalue weighted by atomic mass is 79.9. The number of benzene rings is 4. The van der Waals surface area contributed by atoms with Crippen LogP contribution in [-0.2, 0) is 32.6 Å². The van der Waals surface area contributed by atoms with Crippen molar-refractivity contribution < 1.29 is 18.0 Å². The Labute approximate surface area is 279 Å². The summed E-state index contributed by atoms with van der Waals surface area (Å²) < 4.78 is 30.3. The minimum absolute atomic E-state index is 0.0342. The van der Waals surface area contributed by atoms with Gasteiger partial charge in [0.1, 0.15) is 12.6 Å². The largest absolute Gasteiger partial charge is 0.352 e. The predicted octanol–water partition coefficient (Wildman–Crippen LogP) is 7.16. The third-order valence-corrected chi connectivity index (χ3v) is 10.4. The van der Waals surface area contributed by atoms with Gasteiger partial charge in [-0.1, -0.05) is 101 Å². The fourth-order valence-electron chi connectivity index (χ4n) is 4.88. The fourth-order valence-corrected chi connectivity index (χ4v) is 6.81. The van der Waals surface area contributed by atoms with E-state index in [0.717, 1.165) is 19.9 Å². The second-order valence-corrected chi connectivity index (χ2v) is 14.1. The van der Waals surface area contributed by atoms with Crippen LogP contribution in [0.4, 0.5) is 5.69 Å². The van der Waals surface area contributed by atoms with Crippen LogP contribution in [0.15, 0.2) is 112 Å². The van der Waals surface area contributed by atoms with Crippen molar-refractivity contribution in [3.63, 3.8) is 0 Å². The molecule has 0 aromatic heterocycles. The molecule has 236 valence electrons. The van der Waals surface area contributed by atoms with E-state index in [0.29, 0.717) is 17.0 Å². The van der Waals surface area contributed by atoms with E-state index in [1.807, 2.05) is 68.4 Å². The van der Waals surface area contributed by atoms with Crippen LogP contribution in [0.25, 0.3) is 0 Å². The molecule has 4 aromatic carbocycles. The molecule has 2 atom stereocenters. The summed E-state index contributed by atoms with van der Waals surface area (Å²) in [5.41, 5.74) is 2.46. The van der Waals surface area contributed by atoms with Gasteiger partial charge in [0.25, 0.3) is 10.0 Å². The van der Waals surface area contributed by atoms with Crippen molar-refractivity contribution in [2.24, 2.45) is 0 Å². The molecule has 0 saturated carbocycles. The lowest BCUT2D eigenvalue weighted by atomic mass is 10.0. The highest BCUT2D eigenvalue weighted by molar-refractivity contribution is 9.10. The van der Waals surface area contributed by atoms with Crippen LogP contribution in [0.2, 0.25) is 5.02 Å². The Balaban J connectivity index is 1.83. The fraction of sp³-hybridized carbons (Fsp3) is 0.257. The number of amides is 2. The van der Waals surface area contributed by atoms with Crippen molar-refractivity contribution in [2.75, 3.05) is 10.8 Å². The van der Waals surface area contributed by atoms with E-state index in [4.69, 9.17) is 11.6 Å². The number of sulfonamides is 1. The lowest BCUT2D eigenvalue weighted by Crippen LogP contribution is -2.54. The van der Waals surface area contributed by atoms with Gasteiger partial charge in [-0.15, -0.1) is 0 Å². The Morgan fingerprint density at radius 1 is 0.867 bits per heavy atom. The zero-order valence-corrected chi connectivity index (χ0v) is 28.6. The highest BCUT2D eigenvalue weighted by Crippen LogP contribution is 2.31. The molecule has 0 saturated heterocycles. The van der Waals surface area contributed by atoms with Gasteiger partial charge in [-0.2, -0.15) is 0 Å². The number of carbonyl (C=O) groups is 2. The molecule has 7 nitrogen and oxygen atoms in total. The SMILES string of the molecule is CC[C@H](C)NC(=O)[C@H](Cc1ccccc1)N(Cc1ccc(Br)cc1)C(=O)CN(c1cccc(Cl)c1C)S(=O)(=O)c1ccccc1. The van der Waals surface area contributed by atoms with Gasteiger partial charge in [-0.3, -0.25) is 13.9 Å². The summed E-state index contributed by atoms with van der Waals surface area (Å²) in [6.07, 6.45) is 0.953. The van der Waals surface area contributed by atoms with Gasteiger partial charge in [0.2, 0.25) is 11.8 Å². The maximum atomic E-state index is 14.6. The minimum Gasteiger partial charge on any atom is -0.352 e. The molecule has 1 N–H and O–H groups in total. The molecule has 4 aromatic rings. The summed E-state index contributed by atoms with van der Waals surface area (Å²) in [6, 6.07) is 28.8. The number of carbonyl (C=O) groups excluding carboxylic acids is 2. The van der Waals surface area contributed by atoms with Gasteiger partial charge in [0.05, 0.1) is 10.6 Å². The van der Waals surface area contributed by atoms with E-state index >= 15 is 0 Å². The zero-order valence-electron chi connectivity index (χ0n) is 25.5. The lowest BCUT2D eigenvalue weighted by molar-refractivity contribution is -0.140. The molecule has 10 heteroatoms. The first-order valence-electron chi connectivity index (χ1n) is 14.7. The van der Waals surface area contributed by atoms with Gasteiger partial charge in [-0.25, -0.2) is 8.42 Å². The minimum atomic E-state index is -4.21. The smallest absolute Gasteiger partial charge is 0.264 e. The first kappa shape index (κ1) is 34.2. The molecule has 45 heavy (non-hydrogen) atoms. The van der Waals surface area contributed by atoms with E-state index in [-0.39, 0.29) is 35.5 Å². The van der Waals surface area contributed by atoms with Crippen molar-refractivity contribution in [1.82, 2.24) is 10.2 Å². The van der Waals surface area contributed by atoms with E-state index < -0.39 is 28.5 Å². The van der Waals surface area contributed by atoms with Crippen LogP contribution in [-0.4, -0.2) is 43.8 Å².